The molecule has 0 atom stereocenters. The number of carbonyl (C=O) groups is 1. The molecular formula is C24H17FIN3O5. The Hall–Kier alpha value is -3.98. The summed E-state index contributed by atoms with van der Waals surface area (Å²) in [5.74, 6) is -0.133. The van der Waals surface area contributed by atoms with Crippen LogP contribution in [0.15, 0.2) is 66.2 Å². The zero-order chi connectivity index (χ0) is 24.7. The molecule has 10 heteroatoms. The number of nitriles is 1. The molecule has 0 aliphatic carbocycles. The summed E-state index contributed by atoms with van der Waals surface area (Å²) in [4.78, 5) is 22.7. The average molecular weight is 573 g/mol. The number of nitrogens with one attached hydrogen (secondary N) is 1. The van der Waals surface area contributed by atoms with Crippen molar-refractivity contribution in [2.24, 2.45) is 0 Å². The fraction of sp³-hybridized carbons (Fsp3) is 0.0833. The van der Waals surface area contributed by atoms with Gasteiger partial charge in [0.05, 0.1) is 15.6 Å². The highest BCUT2D eigenvalue weighted by Gasteiger charge is 2.15. The highest BCUT2D eigenvalue weighted by atomic mass is 127. The second-order valence-electron chi connectivity index (χ2n) is 6.88. The van der Waals surface area contributed by atoms with E-state index in [1.165, 1.54) is 49.6 Å². The van der Waals surface area contributed by atoms with E-state index in [0.29, 0.717) is 26.3 Å². The predicted molar refractivity (Wildman–Crippen MR) is 132 cm³/mol. The van der Waals surface area contributed by atoms with Gasteiger partial charge in [0.15, 0.2) is 11.5 Å². The van der Waals surface area contributed by atoms with Crippen LogP contribution >= 0.6 is 22.6 Å². The van der Waals surface area contributed by atoms with Gasteiger partial charge in [0, 0.05) is 17.8 Å². The summed E-state index contributed by atoms with van der Waals surface area (Å²) in [5, 5.41) is 22.8. The maximum absolute atomic E-state index is 13.1. The van der Waals surface area contributed by atoms with Gasteiger partial charge in [0.25, 0.3) is 11.6 Å². The SMILES string of the molecule is COc1cc(/C=C(\C#N)C(=O)Nc2ccc([N+](=O)[O-])cc2)cc(I)c1OCc1ccc(F)cc1. The number of nitro benzene ring substituents is 1. The van der Waals surface area contributed by atoms with E-state index in [-0.39, 0.29) is 23.7 Å². The molecule has 0 unspecified atom stereocenters. The van der Waals surface area contributed by atoms with Crippen LogP contribution in [0, 0.1) is 30.8 Å². The van der Waals surface area contributed by atoms with Crippen molar-refractivity contribution >= 4 is 45.9 Å². The third-order valence-corrected chi connectivity index (χ3v) is 5.36. The van der Waals surface area contributed by atoms with Crippen molar-refractivity contribution in [3.05, 3.63) is 96.9 Å². The summed E-state index contributed by atoms with van der Waals surface area (Å²) in [5.41, 5.74) is 1.34. The molecule has 0 aliphatic rings. The van der Waals surface area contributed by atoms with E-state index in [0.717, 1.165) is 5.56 Å². The van der Waals surface area contributed by atoms with Gasteiger partial charge in [-0.25, -0.2) is 4.39 Å². The number of ether oxygens (including phenoxy) is 2. The Morgan fingerprint density at radius 3 is 2.47 bits per heavy atom. The molecular weight excluding hydrogens is 556 g/mol. The molecule has 0 aromatic heterocycles. The number of anilines is 1. The van der Waals surface area contributed by atoms with Crippen molar-refractivity contribution in [2.75, 3.05) is 12.4 Å². The largest absolute Gasteiger partial charge is 0.493 e. The van der Waals surface area contributed by atoms with E-state index in [1.807, 2.05) is 6.07 Å². The highest BCUT2D eigenvalue weighted by Crippen LogP contribution is 2.35. The molecule has 0 fully saturated rings. The normalized spacial score (nSPS) is 10.8. The van der Waals surface area contributed by atoms with Gasteiger partial charge in [-0.2, -0.15) is 5.26 Å². The summed E-state index contributed by atoms with van der Waals surface area (Å²) in [6.45, 7) is 0.197. The number of nitrogens with zero attached hydrogens (tertiary/aromatic N) is 2. The molecule has 0 radical (unpaired) electrons. The number of methoxy groups -OCH3 is 1. The Morgan fingerprint density at radius 1 is 1.21 bits per heavy atom. The summed E-state index contributed by atoms with van der Waals surface area (Å²) in [6, 6.07) is 16.4. The van der Waals surface area contributed by atoms with Gasteiger partial charge >= 0.3 is 0 Å². The maximum Gasteiger partial charge on any atom is 0.269 e. The first-order valence-electron chi connectivity index (χ1n) is 9.73. The van der Waals surface area contributed by atoms with E-state index in [1.54, 1.807) is 24.3 Å². The lowest BCUT2D eigenvalue weighted by atomic mass is 10.1. The number of nitro groups is 1. The molecule has 1 N–H and O–H groups in total. The molecule has 3 aromatic carbocycles. The van der Waals surface area contributed by atoms with Crippen LogP contribution in [0.3, 0.4) is 0 Å². The first kappa shape index (κ1) is 24.7. The minimum atomic E-state index is -0.665. The maximum atomic E-state index is 13.1. The number of benzene rings is 3. The topological polar surface area (TPSA) is 114 Å². The number of amides is 1. The van der Waals surface area contributed by atoms with Gasteiger partial charge in [0.2, 0.25) is 0 Å². The van der Waals surface area contributed by atoms with Gasteiger partial charge in [-0.05, 0) is 76.2 Å². The lowest BCUT2D eigenvalue weighted by molar-refractivity contribution is -0.384. The molecule has 1 amide bonds. The fourth-order valence-corrected chi connectivity index (χ4v) is 3.66. The zero-order valence-corrected chi connectivity index (χ0v) is 19.9. The van der Waals surface area contributed by atoms with Crippen molar-refractivity contribution in [1.82, 2.24) is 0 Å². The van der Waals surface area contributed by atoms with Crippen molar-refractivity contribution in [3.63, 3.8) is 0 Å². The highest BCUT2D eigenvalue weighted by molar-refractivity contribution is 14.1. The van der Waals surface area contributed by atoms with Crippen molar-refractivity contribution < 1.29 is 23.6 Å². The van der Waals surface area contributed by atoms with Crippen molar-refractivity contribution in [3.8, 4) is 17.6 Å². The minimum absolute atomic E-state index is 0.113. The average Bonchev–Trinajstić information content (AvgIpc) is 2.82. The molecule has 0 saturated heterocycles. The number of rotatable bonds is 8. The molecule has 172 valence electrons. The lowest BCUT2D eigenvalue weighted by Gasteiger charge is -2.14. The Kier molecular flexibility index (Phi) is 8.15. The number of carbonyl (C=O) groups excluding carboxylic acids is 1. The predicted octanol–water partition coefficient (Wildman–Crippen LogP) is 5.47. The molecule has 8 nitrogen and oxygen atoms in total. The van der Waals surface area contributed by atoms with Gasteiger partial charge in [-0.1, -0.05) is 12.1 Å². The van der Waals surface area contributed by atoms with Gasteiger partial charge in [-0.15, -0.1) is 0 Å². The van der Waals surface area contributed by atoms with Crippen LogP contribution in [0.5, 0.6) is 11.5 Å². The second-order valence-corrected chi connectivity index (χ2v) is 8.04. The van der Waals surface area contributed by atoms with E-state index >= 15 is 0 Å². The summed E-state index contributed by atoms with van der Waals surface area (Å²) < 4.78 is 25.0. The summed E-state index contributed by atoms with van der Waals surface area (Å²) in [7, 11) is 1.47. The lowest BCUT2D eigenvalue weighted by Crippen LogP contribution is -2.13. The number of halogens is 2. The van der Waals surface area contributed by atoms with Gasteiger partial charge < -0.3 is 14.8 Å². The number of hydrogen-bond donors (Lipinski definition) is 1. The smallest absolute Gasteiger partial charge is 0.269 e. The van der Waals surface area contributed by atoms with E-state index < -0.39 is 10.8 Å². The molecule has 0 heterocycles. The van der Waals surface area contributed by atoms with Crippen LogP contribution in [0.4, 0.5) is 15.8 Å². The van der Waals surface area contributed by atoms with Crippen LogP contribution in [0.25, 0.3) is 6.08 Å². The third kappa shape index (κ3) is 6.29. The molecule has 0 aliphatic heterocycles. The van der Waals surface area contributed by atoms with E-state index in [2.05, 4.69) is 27.9 Å². The first-order valence-corrected chi connectivity index (χ1v) is 10.8. The van der Waals surface area contributed by atoms with Gasteiger partial charge in [0.1, 0.15) is 24.1 Å². The Labute approximate surface area is 207 Å². The van der Waals surface area contributed by atoms with Crippen molar-refractivity contribution in [1.29, 1.82) is 5.26 Å². The third-order valence-electron chi connectivity index (χ3n) is 4.56. The van der Waals surface area contributed by atoms with E-state index in [4.69, 9.17) is 9.47 Å². The monoisotopic (exact) mass is 573 g/mol. The molecule has 3 rings (SSSR count). The van der Waals surface area contributed by atoms with Crippen LogP contribution in [0.1, 0.15) is 11.1 Å². The van der Waals surface area contributed by atoms with Crippen molar-refractivity contribution in [2.45, 2.75) is 6.61 Å². The summed E-state index contributed by atoms with van der Waals surface area (Å²) in [6.07, 6.45) is 1.40. The fourth-order valence-electron chi connectivity index (χ4n) is 2.88. The molecule has 0 bridgehead atoms. The number of non-ortho nitro benzene ring substituents is 1. The molecule has 0 spiro atoms. The number of hydrogen-bond acceptors (Lipinski definition) is 6. The first-order chi connectivity index (χ1) is 16.3. The quantitative estimate of drug-likeness (QED) is 0.126. The molecule has 0 saturated carbocycles. The summed E-state index contributed by atoms with van der Waals surface area (Å²) >= 11 is 2.05. The van der Waals surface area contributed by atoms with Crippen LogP contribution < -0.4 is 14.8 Å². The molecule has 3 aromatic rings. The Balaban J connectivity index is 1.78. The Morgan fingerprint density at radius 2 is 1.88 bits per heavy atom. The van der Waals surface area contributed by atoms with Crippen LogP contribution in [-0.4, -0.2) is 17.9 Å². The standard InChI is InChI=1S/C24H17FIN3O5/c1-33-22-12-16(11-21(26)23(22)34-14-15-2-4-18(25)5-3-15)10-17(13-27)24(30)28-19-6-8-20(9-7-19)29(31)32/h2-12H,14H2,1H3,(H,28,30)/b17-10+. The van der Waals surface area contributed by atoms with Crippen LogP contribution in [-0.2, 0) is 11.4 Å². The second kappa shape index (κ2) is 11.2. The zero-order valence-electron chi connectivity index (χ0n) is 17.7. The van der Waals surface area contributed by atoms with Gasteiger partial charge in [-0.3, -0.25) is 14.9 Å². The Bertz CT molecular complexity index is 1290. The van der Waals surface area contributed by atoms with Crippen LogP contribution in [0.2, 0.25) is 0 Å². The minimum Gasteiger partial charge on any atom is -0.493 e. The molecule has 34 heavy (non-hydrogen) atoms. The van der Waals surface area contributed by atoms with E-state index in [9.17, 15) is 24.6 Å².